The molecule has 1 aromatic heterocycles. The highest BCUT2D eigenvalue weighted by Gasteiger charge is 2.38. The minimum absolute atomic E-state index is 0.0881. The Morgan fingerprint density at radius 3 is 2.68 bits per heavy atom. The van der Waals surface area contributed by atoms with Crippen molar-refractivity contribution in [1.29, 1.82) is 0 Å². The molecule has 2 heterocycles. The molecule has 0 bridgehead atoms. The van der Waals surface area contributed by atoms with Crippen LogP contribution in [0.15, 0.2) is 42.5 Å². The van der Waals surface area contributed by atoms with E-state index in [0.29, 0.717) is 12.0 Å². The molecule has 0 aliphatic carbocycles. The number of halogens is 1. The lowest BCUT2D eigenvalue weighted by Gasteiger charge is -2.37. The summed E-state index contributed by atoms with van der Waals surface area (Å²) in [6.07, 6.45) is -3.69. The zero-order chi connectivity index (χ0) is 19.8. The number of fused-ring (bicyclic) bond motifs is 1. The van der Waals surface area contributed by atoms with Crippen molar-refractivity contribution >= 4 is 21.4 Å². The second-order valence-corrected chi connectivity index (χ2v) is 8.25. The number of thiophene rings is 1. The second-order valence-electron chi connectivity index (χ2n) is 7.08. The van der Waals surface area contributed by atoms with Gasteiger partial charge in [0.2, 0.25) is 0 Å². The predicted molar refractivity (Wildman–Crippen MR) is 104 cm³/mol. The fourth-order valence-electron chi connectivity index (χ4n) is 3.63. The highest BCUT2D eigenvalue weighted by molar-refractivity contribution is 7.19. The van der Waals surface area contributed by atoms with Crippen molar-refractivity contribution in [2.75, 3.05) is 6.61 Å². The van der Waals surface area contributed by atoms with Gasteiger partial charge < -0.3 is 25.2 Å². The van der Waals surface area contributed by atoms with E-state index in [1.807, 2.05) is 30.3 Å². The summed E-state index contributed by atoms with van der Waals surface area (Å²) in [5.41, 5.74) is 0.554. The number of ether oxygens (including phenoxy) is 1. The van der Waals surface area contributed by atoms with Crippen molar-refractivity contribution in [3.63, 3.8) is 0 Å². The number of aromatic hydroxyl groups is 1. The van der Waals surface area contributed by atoms with Gasteiger partial charge in [0.05, 0.1) is 18.8 Å². The Morgan fingerprint density at radius 2 is 1.93 bits per heavy atom. The van der Waals surface area contributed by atoms with E-state index in [1.54, 1.807) is 11.3 Å². The average molecular weight is 404 g/mol. The first-order valence-corrected chi connectivity index (χ1v) is 9.89. The van der Waals surface area contributed by atoms with Crippen LogP contribution in [0.3, 0.4) is 0 Å². The third kappa shape index (κ3) is 3.64. The molecule has 1 aliphatic rings. The molecule has 5 nitrogen and oxygen atoms in total. The highest BCUT2D eigenvalue weighted by atomic mass is 32.1. The van der Waals surface area contributed by atoms with E-state index in [9.17, 15) is 24.8 Å². The molecule has 1 aliphatic heterocycles. The van der Waals surface area contributed by atoms with Gasteiger partial charge in [-0.15, -0.1) is 11.3 Å². The number of aliphatic hydroxyl groups is 3. The number of phenolic OH excluding ortho intramolecular Hbond substituents is 1. The predicted octanol–water partition coefficient (Wildman–Crippen LogP) is 2.88. The summed E-state index contributed by atoms with van der Waals surface area (Å²) in [4.78, 5) is 0.968. The van der Waals surface area contributed by atoms with Gasteiger partial charge in [-0.1, -0.05) is 18.2 Å². The standard InChI is InChI=1S/C21H21FO5S/c22-16-9-17(24)15(21-20(26)18(25)8-13(10-23)27-21)7-12(16)6-14-5-11-3-1-2-4-19(11)28-14/h1-5,7,9,13,18,20-21,23-26H,6,8,10H2/t13-,18-,20+,21-/m0/s1. The van der Waals surface area contributed by atoms with Crippen LogP contribution in [0.1, 0.15) is 28.5 Å². The SMILES string of the molecule is OC[C@@H]1C[C@H](O)[C@@H](O)[C@H](c2cc(Cc3cc4ccccc4s3)c(F)cc2O)O1. The van der Waals surface area contributed by atoms with Crippen LogP contribution in [0.25, 0.3) is 10.1 Å². The van der Waals surface area contributed by atoms with Gasteiger partial charge in [0, 0.05) is 34.0 Å². The van der Waals surface area contributed by atoms with E-state index in [2.05, 4.69) is 0 Å². The highest BCUT2D eigenvalue weighted by Crippen LogP contribution is 2.38. The monoisotopic (exact) mass is 404 g/mol. The van der Waals surface area contributed by atoms with Crippen LogP contribution < -0.4 is 0 Å². The first kappa shape index (κ1) is 19.3. The maximum absolute atomic E-state index is 14.5. The number of phenols is 1. The summed E-state index contributed by atoms with van der Waals surface area (Å²) in [6.45, 7) is -0.323. The molecule has 4 atom stereocenters. The second kappa shape index (κ2) is 7.77. The zero-order valence-corrected chi connectivity index (χ0v) is 15.8. The number of hydrogen-bond donors (Lipinski definition) is 4. The molecule has 1 saturated heterocycles. The summed E-state index contributed by atoms with van der Waals surface area (Å²) < 4.78 is 21.3. The van der Waals surface area contributed by atoms with Crippen LogP contribution in [0.2, 0.25) is 0 Å². The zero-order valence-electron chi connectivity index (χ0n) is 15.0. The van der Waals surface area contributed by atoms with Crippen molar-refractivity contribution in [3.05, 3.63) is 64.3 Å². The van der Waals surface area contributed by atoms with Gasteiger partial charge in [0.25, 0.3) is 0 Å². The van der Waals surface area contributed by atoms with Crippen molar-refractivity contribution < 1.29 is 29.6 Å². The lowest BCUT2D eigenvalue weighted by molar-refractivity contribution is -0.180. The normalized spacial score (nSPS) is 25.3. The Labute approximate surface area is 165 Å². The maximum atomic E-state index is 14.5. The quantitative estimate of drug-likeness (QED) is 0.537. The minimum Gasteiger partial charge on any atom is -0.507 e. The minimum atomic E-state index is -1.28. The largest absolute Gasteiger partial charge is 0.507 e. The first-order chi connectivity index (χ1) is 13.5. The van der Waals surface area contributed by atoms with Crippen LogP contribution in [-0.4, -0.2) is 45.3 Å². The van der Waals surface area contributed by atoms with E-state index in [0.717, 1.165) is 21.0 Å². The number of hydrogen-bond acceptors (Lipinski definition) is 6. The van der Waals surface area contributed by atoms with Crippen molar-refractivity contribution in [3.8, 4) is 5.75 Å². The summed E-state index contributed by atoms with van der Waals surface area (Å²) >= 11 is 1.57. The Bertz CT molecular complexity index is 955. The van der Waals surface area contributed by atoms with Crippen molar-refractivity contribution in [2.45, 2.75) is 37.3 Å². The molecule has 0 saturated carbocycles. The molecule has 7 heteroatoms. The van der Waals surface area contributed by atoms with Crippen LogP contribution in [0.4, 0.5) is 4.39 Å². The van der Waals surface area contributed by atoms with Gasteiger partial charge >= 0.3 is 0 Å². The number of rotatable bonds is 4. The van der Waals surface area contributed by atoms with Gasteiger partial charge in [0.15, 0.2) is 0 Å². The maximum Gasteiger partial charge on any atom is 0.130 e. The van der Waals surface area contributed by atoms with Gasteiger partial charge in [-0.2, -0.15) is 0 Å². The van der Waals surface area contributed by atoms with Gasteiger partial charge in [0.1, 0.15) is 23.8 Å². The lowest BCUT2D eigenvalue weighted by Crippen LogP contribution is -2.44. The van der Waals surface area contributed by atoms with Crippen LogP contribution >= 0.6 is 11.3 Å². The fourth-order valence-corrected chi connectivity index (χ4v) is 4.72. The Morgan fingerprint density at radius 1 is 1.14 bits per heavy atom. The van der Waals surface area contributed by atoms with Gasteiger partial charge in [-0.25, -0.2) is 4.39 Å². The Kier molecular flexibility index (Phi) is 5.35. The number of aliphatic hydroxyl groups excluding tert-OH is 3. The molecule has 0 spiro atoms. The topological polar surface area (TPSA) is 90.2 Å². The van der Waals surface area contributed by atoms with Gasteiger partial charge in [-0.05, 0) is 29.1 Å². The molecule has 0 amide bonds. The van der Waals surface area contributed by atoms with E-state index in [-0.39, 0.29) is 24.3 Å². The molecule has 0 unspecified atom stereocenters. The summed E-state index contributed by atoms with van der Waals surface area (Å²) in [5.74, 6) is -0.907. The Hall–Kier alpha value is -2.03. The van der Waals surface area contributed by atoms with E-state index in [4.69, 9.17) is 4.74 Å². The van der Waals surface area contributed by atoms with Crippen molar-refractivity contribution in [1.82, 2.24) is 0 Å². The van der Waals surface area contributed by atoms with E-state index < -0.39 is 30.2 Å². The molecular formula is C21H21FO5S. The van der Waals surface area contributed by atoms with E-state index in [1.165, 1.54) is 6.07 Å². The third-order valence-electron chi connectivity index (χ3n) is 5.09. The molecule has 3 aromatic rings. The summed E-state index contributed by atoms with van der Waals surface area (Å²) in [7, 11) is 0. The van der Waals surface area contributed by atoms with Crippen LogP contribution in [0, 0.1) is 5.82 Å². The van der Waals surface area contributed by atoms with Crippen molar-refractivity contribution in [2.24, 2.45) is 0 Å². The number of benzene rings is 2. The van der Waals surface area contributed by atoms with Gasteiger partial charge in [-0.3, -0.25) is 0 Å². The molecule has 1 fully saturated rings. The first-order valence-electron chi connectivity index (χ1n) is 9.07. The summed E-state index contributed by atoms with van der Waals surface area (Å²) in [5, 5.41) is 41.0. The summed E-state index contributed by atoms with van der Waals surface area (Å²) in [6, 6.07) is 12.4. The van der Waals surface area contributed by atoms with Crippen LogP contribution in [0.5, 0.6) is 5.75 Å². The molecule has 28 heavy (non-hydrogen) atoms. The Balaban J connectivity index is 1.67. The fraction of sp³-hybridized carbons (Fsp3) is 0.333. The molecule has 4 N–H and O–H groups in total. The third-order valence-corrected chi connectivity index (χ3v) is 6.21. The molecular weight excluding hydrogens is 383 g/mol. The molecule has 2 aromatic carbocycles. The molecule has 4 rings (SSSR count). The lowest BCUT2D eigenvalue weighted by atomic mass is 9.91. The molecule has 0 radical (unpaired) electrons. The average Bonchev–Trinajstić information content (AvgIpc) is 3.08. The van der Waals surface area contributed by atoms with E-state index >= 15 is 0 Å². The molecule has 148 valence electrons. The smallest absolute Gasteiger partial charge is 0.130 e. The van der Waals surface area contributed by atoms with Crippen LogP contribution in [-0.2, 0) is 11.2 Å².